The molecule has 202 valence electrons. The third-order valence-electron chi connectivity index (χ3n) is 7.16. The molecule has 0 spiro atoms. The molecule has 0 radical (unpaired) electrons. The number of hydrogen-bond acceptors (Lipinski definition) is 8. The smallest absolute Gasteiger partial charge is 0.251 e. The van der Waals surface area contributed by atoms with Crippen LogP contribution in [0.1, 0.15) is 23.2 Å². The second-order valence-electron chi connectivity index (χ2n) is 9.22. The van der Waals surface area contributed by atoms with Gasteiger partial charge in [0.05, 0.1) is 23.1 Å². The van der Waals surface area contributed by atoms with Crippen LogP contribution in [0.4, 0.5) is 5.82 Å². The van der Waals surface area contributed by atoms with Gasteiger partial charge in [0, 0.05) is 69.9 Å². The van der Waals surface area contributed by atoms with Crippen molar-refractivity contribution >= 4 is 46.4 Å². The number of benzene rings is 1. The molecule has 1 aliphatic heterocycles. The lowest BCUT2D eigenvalue weighted by Gasteiger charge is -2.36. The highest BCUT2D eigenvalue weighted by molar-refractivity contribution is 7.13. The first-order valence-corrected chi connectivity index (χ1v) is 13.3. The van der Waals surface area contributed by atoms with Crippen molar-refractivity contribution in [3.05, 3.63) is 63.8 Å². The minimum atomic E-state index is -0.278. The summed E-state index contributed by atoms with van der Waals surface area (Å²) in [6.45, 7) is 3.13. The van der Waals surface area contributed by atoms with Crippen LogP contribution in [0, 0.1) is 0 Å². The first-order valence-electron chi connectivity index (χ1n) is 12.4. The van der Waals surface area contributed by atoms with Crippen LogP contribution in [0.5, 0.6) is 5.75 Å². The highest BCUT2D eigenvalue weighted by Crippen LogP contribution is 2.30. The summed E-state index contributed by atoms with van der Waals surface area (Å²) in [6, 6.07) is 13.3. The Balaban J connectivity index is 0.00000336. The first-order chi connectivity index (χ1) is 18.0. The van der Waals surface area contributed by atoms with E-state index in [1.807, 2.05) is 41.8 Å². The number of carbonyl (C=O) groups excluding carboxylic acids is 1. The molecule has 0 saturated carbocycles. The first kappa shape index (κ1) is 27.7. The lowest BCUT2D eigenvalue weighted by atomic mass is 10.0. The van der Waals surface area contributed by atoms with Crippen molar-refractivity contribution in [2.75, 3.05) is 45.7 Å². The Hall–Kier alpha value is -3.34. The number of hydrogen-bond donors (Lipinski definition) is 1. The summed E-state index contributed by atoms with van der Waals surface area (Å²) in [5.41, 5.74) is 0.884. The molecule has 11 heteroatoms. The Morgan fingerprint density at radius 3 is 2.68 bits per heavy atom. The summed E-state index contributed by atoms with van der Waals surface area (Å²) in [5.74, 6) is 2.02. The normalized spacial score (nSPS) is 14.3. The van der Waals surface area contributed by atoms with Gasteiger partial charge in [-0.05, 0) is 36.4 Å². The quantitative estimate of drug-likeness (QED) is 0.348. The van der Waals surface area contributed by atoms with E-state index in [1.165, 1.54) is 6.07 Å². The number of thiophene rings is 1. The standard InChI is InChI=1S/C27H31N5O4S.ClH/c1-28-27(34)21-16-26(33)32(22-15-19(35-3)6-7-20(21)22)13-12-31-10-8-18(9-11-31)30(2)25-17-23(36-29-25)24-5-4-14-37-24;/h4-7,14-18H,8-13H2,1-3H3,(H,28,34);1H. The fourth-order valence-corrected chi connectivity index (χ4v) is 5.64. The lowest BCUT2D eigenvalue weighted by Crippen LogP contribution is -2.44. The number of anilines is 1. The maximum Gasteiger partial charge on any atom is 0.251 e. The Morgan fingerprint density at radius 1 is 1.21 bits per heavy atom. The number of piperidine rings is 1. The minimum absolute atomic E-state index is 0. The molecular formula is C27H32ClN5O4S. The van der Waals surface area contributed by atoms with E-state index in [1.54, 1.807) is 30.1 Å². The number of aromatic nitrogens is 2. The highest BCUT2D eigenvalue weighted by Gasteiger charge is 2.25. The van der Waals surface area contributed by atoms with Crippen LogP contribution in [-0.4, -0.2) is 67.4 Å². The summed E-state index contributed by atoms with van der Waals surface area (Å²) >= 11 is 1.64. The Bertz CT molecular complexity index is 1440. The molecule has 1 aromatic carbocycles. The van der Waals surface area contributed by atoms with E-state index in [9.17, 15) is 9.59 Å². The van der Waals surface area contributed by atoms with Crippen LogP contribution < -0.4 is 20.5 Å². The summed E-state index contributed by atoms with van der Waals surface area (Å²) in [5, 5.41) is 9.67. The van der Waals surface area contributed by atoms with E-state index in [2.05, 4.69) is 27.3 Å². The van der Waals surface area contributed by atoms with Gasteiger partial charge < -0.3 is 28.9 Å². The molecule has 0 unspecified atom stereocenters. The van der Waals surface area contributed by atoms with Crippen molar-refractivity contribution in [1.82, 2.24) is 19.9 Å². The van der Waals surface area contributed by atoms with Crippen LogP contribution in [0.15, 0.2) is 57.2 Å². The molecule has 3 aromatic heterocycles. The van der Waals surface area contributed by atoms with Gasteiger partial charge in [0.1, 0.15) is 5.75 Å². The fourth-order valence-electron chi connectivity index (χ4n) is 4.97. The molecule has 4 aromatic rings. The van der Waals surface area contributed by atoms with Crippen molar-refractivity contribution in [2.24, 2.45) is 0 Å². The van der Waals surface area contributed by atoms with Crippen molar-refractivity contribution in [3.8, 4) is 16.4 Å². The lowest BCUT2D eigenvalue weighted by molar-refractivity contribution is 0.0964. The molecule has 0 aliphatic carbocycles. The largest absolute Gasteiger partial charge is 0.497 e. The van der Waals surface area contributed by atoms with E-state index in [0.29, 0.717) is 29.4 Å². The summed E-state index contributed by atoms with van der Waals surface area (Å²) < 4.78 is 12.7. The number of nitrogens with zero attached hydrogens (tertiary/aromatic N) is 4. The average molecular weight is 558 g/mol. The summed E-state index contributed by atoms with van der Waals surface area (Å²) in [6.07, 6.45) is 1.99. The third kappa shape index (κ3) is 5.57. The van der Waals surface area contributed by atoms with Gasteiger partial charge in [-0.2, -0.15) is 0 Å². The number of rotatable bonds is 8. The van der Waals surface area contributed by atoms with Crippen LogP contribution >= 0.6 is 23.7 Å². The number of halogens is 1. The number of likely N-dealkylation sites (tertiary alicyclic amines) is 1. The SMILES string of the molecule is CNC(=O)c1cc(=O)n(CCN2CCC(N(C)c3cc(-c4cccs4)on3)CC2)c2cc(OC)ccc12.Cl. The molecule has 0 bridgehead atoms. The number of fused-ring (bicyclic) bond motifs is 1. The number of ether oxygens (including phenoxy) is 1. The predicted molar refractivity (Wildman–Crippen MR) is 153 cm³/mol. The molecule has 1 aliphatic rings. The van der Waals surface area contributed by atoms with Gasteiger partial charge in [0.2, 0.25) is 0 Å². The van der Waals surface area contributed by atoms with Crippen molar-refractivity contribution < 1.29 is 14.1 Å². The van der Waals surface area contributed by atoms with Crippen LogP contribution in [0.25, 0.3) is 21.5 Å². The van der Waals surface area contributed by atoms with Crippen molar-refractivity contribution in [3.63, 3.8) is 0 Å². The van der Waals surface area contributed by atoms with Crippen LogP contribution in [-0.2, 0) is 6.54 Å². The molecule has 9 nitrogen and oxygen atoms in total. The molecule has 1 N–H and O–H groups in total. The monoisotopic (exact) mass is 557 g/mol. The molecule has 0 atom stereocenters. The van der Waals surface area contributed by atoms with Gasteiger partial charge in [-0.1, -0.05) is 11.2 Å². The molecule has 4 heterocycles. The third-order valence-corrected chi connectivity index (χ3v) is 8.04. The summed E-state index contributed by atoms with van der Waals surface area (Å²) in [7, 11) is 5.23. The van der Waals surface area contributed by atoms with Gasteiger partial charge in [-0.15, -0.1) is 23.7 Å². The van der Waals surface area contributed by atoms with E-state index in [4.69, 9.17) is 9.26 Å². The molecule has 5 rings (SSSR count). The molecular weight excluding hydrogens is 526 g/mol. The number of amides is 1. The zero-order valence-electron chi connectivity index (χ0n) is 21.7. The topological polar surface area (TPSA) is 92.8 Å². The Kier molecular flexibility index (Phi) is 8.76. The van der Waals surface area contributed by atoms with Crippen LogP contribution in [0.3, 0.4) is 0 Å². The zero-order chi connectivity index (χ0) is 25.9. The minimum Gasteiger partial charge on any atom is -0.497 e. The highest BCUT2D eigenvalue weighted by atomic mass is 35.5. The van der Waals surface area contributed by atoms with Crippen molar-refractivity contribution in [2.45, 2.75) is 25.4 Å². The van der Waals surface area contributed by atoms with E-state index in [0.717, 1.165) is 54.3 Å². The van der Waals surface area contributed by atoms with Crippen LogP contribution in [0.2, 0.25) is 0 Å². The van der Waals surface area contributed by atoms with Gasteiger partial charge in [-0.25, -0.2) is 0 Å². The average Bonchev–Trinajstić information content (AvgIpc) is 3.64. The fraction of sp³-hybridized carbons (Fsp3) is 0.370. The molecule has 1 saturated heterocycles. The van der Waals surface area contributed by atoms with Gasteiger partial charge in [0.25, 0.3) is 11.5 Å². The number of methoxy groups -OCH3 is 1. The predicted octanol–water partition coefficient (Wildman–Crippen LogP) is 4.11. The molecule has 1 fully saturated rings. The number of nitrogens with one attached hydrogen (secondary N) is 1. The van der Waals surface area contributed by atoms with E-state index < -0.39 is 0 Å². The van der Waals surface area contributed by atoms with Crippen molar-refractivity contribution in [1.29, 1.82) is 0 Å². The number of carbonyl (C=O) groups is 1. The molecule has 38 heavy (non-hydrogen) atoms. The van der Waals surface area contributed by atoms with Gasteiger partial charge in [-0.3, -0.25) is 9.59 Å². The Morgan fingerprint density at radius 2 is 2.00 bits per heavy atom. The Labute approximate surface area is 231 Å². The number of pyridine rings is 1. The molecule has 1 amide bonds. The second kappa shape index (κ2) is 12.0. The van der Waals surface area contributed by atoms with E-state index >= 15 is 0 Å². The maximum atomic E-state index is 13.0. The maximum absolute atomic E-state index is 13.0. The van der Waals surface area contributed by atoms with Gasteiger partial charge in [0.15, 0.2) is 11.6 Å². The summed E-state index contributed by atoms with van der Waals surface area (Å²) in [4.78, 5) is 31.1. The van der Waals surface area contributed by atoms with Gasteiger partial charge >= 0.3 is 0 Å². The zero-order valence-corrected chi connectivity index (χ0v) is 23.3. The second-order valence-corrected chi connectivity index (χ2v) is 10.2. The van der Waals surface area contributed by atoms with E-state index in [-0.39, 0.29) is 23.9 Å².